The number of fused-ring (bicyclic) bond motifs is 1. The molecule has 7 nitrogen and oxygen atoms in total. The zero-order valence-corrected chi connectivity index (χ0v) is 16.3. The van der Waals surface area contributed by atoms with Gasteiger partial charge in [-0.2, -0.15) is 0 Å². The van der Waals surface area contributed by atoms with Crippen LogP contribution in [0, 0.1) is 0 Å². The minimum atomic E-state index is -3.31. The Hall–Kier alpha value is -2.23. The molecule has 27 heavy (non-hydrogen) atoms. The molecule has 0 saturated carbocycles. The summed E-state index contributed by atoms with van der Waals surface area (Å²) in [6, 6.07) is 8.05. The number of sulfone groups is 1. The van der Waals surface area contributed by atoms with E-state index in [9.17, 15) is 13.2 Å². The number of furan rings is 1. The molecule has 4 rings (SSSR count). The Morgan fingerprint density at radius 1 is 1.37 bits per heavy atom. The van der Waals surface area contributed by atoms with Gasteiger partial charge in [-0.25, -0.2) is 13.4 Å². The van der Waals surface area contributed by atoms with E-state index in [0.717, 1.165) is 12.8 Å². The van der Waals surface area contributed by atoms with Crippen LogP contribution in [0.4, 0.5) is 5.13 Å². The second-order valence-electron chi connectivity index (χ2n) is 6.43. The molecule has 0 bridgehead atoms. The first-order valence-electron chi connectivity index (χ1n) is 8.49. The van der Waals surface area contributed by atoms with Crippen LogP contribution >= 0.6 is 11.3 Å². The van der Waals surface area contributed by atoms with E-state index in [1.54, 1.807) is 29.2 Å². The standard InChI is InChI=1S/C18H18N2O5S2/c1-27(22,23)13-6-7-14-16(10-13)26-18(19-14)20(11-12-4-2-8-24-12)17(21)15-5-3-9-25-15/h3,5-7,9-10,12H,2,4,8,11H2,1H3. The van der Waals surface area contributed by atoms with E-state index in [4.69, 9.17) is 9.15 Å². The Morgan fingerprint density at radius 2 is 2.22 bits per heavy atom. The van der Waals surface area contributed by atoms with Gasteiger partial charge in [-0.15, -0.1) is 0 Å². The summed E-state index contributed by atoms with van der Waals surface area (Å²) in [7, 11) is -3.31. The fourth-order valence-corrected chi connectivity index (χ4v) is 4.75. The summed E-state index contributed by atoms with van der Waals surface area (Å²) in [4.78, 5) is 19.3. The summed E-state index contributed by atoms with van der Waals surface area (Å²) in [5.41, 5.74) is 0.645. The van der Waals surface area contributed by atoms with Crippen LogP contribution in [0.15, 0.2) is 45.9 Å². The van der Waals surface area contributed by atoms with Crippen molar-refractivity contribution < 1.29 is 22.4 Å². The van der Waals surface area contributed by atoms with Gasteiger partial charge in [0, 0.05) is 12.9 Å². The van der Waals surface area contributed by atoms with E-state index in [0.29, 0.717) is 28.5 Å². The predicted molar refractivity (Wildman–Crippen MR) is 102 cm³/mol. The van der Waals surface area contributed by atoms with Crippen LogP contribution in [0.1, 0.15) is 23.4 Å². The van der Waals surface area contributed by atoms with Gasteiger partial charge in [0.1, 0.15) is 0 Å². The molecule has 1 atom stereocenters. The van der Waals surface area contributed by atoms with Crippen molar-refractivity contribution in [2.24, 2.45) is 0 Å². The first kappa shape index (κ1) is 18.1. The Morgan fingerprint density at radius 3 is 2.89 bits per heavy atom. The van der Waals surface area contributed by atoms with E-state index >= 15 is 0 Å². The number of aromatic nitrogens is 1. The molecule has 1 unspecified atom stereocenters. The second-order valence-corrected chi connectivity index (χ2v) is 9.45. The second kappa shape index (κ2) is 7.06. The number of carbonyl (C=O) groups is 1. The quantitative estimate of drug-likeness (QED) is 0.647. The summed E-state index contributed by atoms with van der Waals surface area (Å²) in [5, 5.41) is 0.493. The summed E-state index contributed by atoms with van der Waals surface area (Å²) in [6.45, 7) is 1.06. The van der Waals surface area contributed by atoms with Gasteiger partial charge in [0.15, 0.2) is 20.7 Å². The van der Waals surface area contributed by atoms with Gasteiger partial charge in [-0.3, -0.25) is 9.69 Å². The van der Waals surface area contributed by atoms with Gasteiger partial charge in [0.2, 0.25) is 0 Å². The molecule has 1 fully saturated rings. The Balaban J connectivity index is 1.73. The van der Waals surface area contributed by atoms with Gasteiger partial charge in [-0.05, 0) is 43.2 Å². The van der Waals surface area contributed by atoms with Crippen LogP contribution in [0.5, 0.6) is 0 Å². The Labute approximate surface area is 160 Å². The SMILES string of the molecule is CS(=O)(=O)c1ccc2nc(N(CC3CCCO3)C(=O)c3ccco3)sc2c1. The Kier molecular flexibility index (Phi) is 4.75. The number of amides is 1. The maximum atomic E-state index is 12.9. The van der Waals surface area contributed by atoms with Gasteiger partial charge >= 0.3 is 0 Å². The van der Waals surface area contributed by atoms with Crippen LogP contribution in [-0.2, 0) is 14.6 Å². The fraction of sp³-hybridized carbons (Fsp3) is 0.333. The van der Waals surface area contributed by atoms with E-state index < -0.39 is 9.84 Å². The molecule has 1 saturated heterocycles. The molecule has 0 aliphatic carbocycles. The number of nitrogens with zero attached hydrogens (tertiary/aromatic N) is 2. The molecule has 3 aromatic rings. The Bertz CT molecular complexity index is 1070. The van der Waals surface area contributed by atoms with Crippen molar-refractivity contribution in [1.29, 1.82) is 0 Å². The predicted octanol–water partition coefficient (Wildman–Crippen LogP) is 3.12. The first-order chi connectivity index (χ1) is 12.9. The van der Waals surface area contributed by atoms with Crippen molar-refractivity contribution in [1.82, 2.24) is 4.98 Å². The molecule has 3 heterocycles. The average molecular weight is 406 g/mol. The number of thiazole rings is 1. The normalized spacial score (nSPS) is 17.4. The van der Waals surface area contributed by atoms with Crippen LogP contribution in [0.25, 0.3) is 10.2 Å². The zero-order valence-electron chi connectivity index (χ0n) is 14.6. The van der Waals surface area contributed by atoms with Gasteiger partial charge < -0.3 is 9.15 Å². The fourth-order valence-electron chi connectivity index (χ4n) is 3.01. The number of anilines is 1. The first-order valence-corrected chi connectivity index (χ1v) is 11.2. The lowest BCUT2D eigenvalue weighted by Gasteiger charge is -2.22. The highest BCUT2D eigenvalue weighted by Gasteiger charge is 2.28. The van der Waals surface area contributed by atoms with Crippen molar-refractivity contribution in [3.05, 3.63) is 42.4 Å². The third-order valence-electron chi connectivity index (χ3n) is 4.39. The summed E-state index contributed by atoms with van der Waals surface area (Å²) >= 11 is 1.28. The van der Waals surface area contributed by atoms with Crippen LogP contribution in [0.2, 0.25) is 0 Å². The number of rotatable bonds is 5. The molecule has 2 aromatic heterocycles. The summed E-state index contributed by atoms with van der Waals surface area (Å²) < 4.78 is 35.3. The molecule has 0 N–H and O–H groups in total. The van der Waals surface area contributed by atoms with Crippen LogP contribution < -0.4 is 4.90 Å². The van der Waals surface area contributed by atoms with Crippen molar-refractivity contribution in [2.75, 3.05) is 24.3 Å². The van der Waals surface area contributed by atoms with E-state index in [1.807, 2.05) is 0 Å². The molecular formula is C18H18N2O5S2. The average Bonchev–Trinajstić information content (AvgIpc) is 3.38. The molecular weight excluding hydrogens is 388 g/mol. The largest absolute Gasteiger partial charge is 0.459 e. The molecule has 1 aromatic carbocycles. The van der Waals surface area contributed by atoms with E-state index in [1.165, 1.54) is 29.9 Å². The summed E-state index contributed by atoms with van der Waals surface area (Å²) in [5.74, 6) is -0.0676. The lowest BCUT2D eigenvalue weighted by molar-refractivity contribution is 0.0895. The number of benzene rings is 1. The monoisotopic (exact) mass is 406 g/mol. The highest BCUT2D eigenvalue weighted by Crippen LogP contribution is 2.32. The van der Waals surface area contributed by atoms with Crippen LogP contribution in [0.3, 0.4) is 0 Å². The van der Waals surface area contributed by atoms with Gasteiger partial charge in [0.05, 0.1) is 34.0 Å². The minimum Gasteiger partial charge on any atom is -0.459 e. The molecule has 1 aliphatic heterocycles. The number of ether oxygens (including phenoxy) is 1. The van der Waals surface area contributed by atoms with E-state index in [2.05, 4.69) is 4.98 Å². The smallest absolute Gasteiger partial charge is 0.295 e. The van der Waals surface area contributed by atoms with Crippen molar-refractivity contribution >= 4 is 42.4 Å². The number of hydrogen-bond acceptors (Lipinski definition) is 7. The number of carbonyl (C=O) groups excluding carboxylic acids is 1. The highest BCUT2D eigenvalue weighted by atomic mass is 32.2. The minimum absolute atomic E-state index is 0.0532. The maximum Gasteiger partial charge on any atom is 0.295 e. The summed E-state index contributed by atoms with van der Waals surface area (Å²) in [6.07, 6.45) is 4.41. The lowest BCUT2D eigenvalue weighted by atomic mass is 10.2. The van der Waals surface area contributed by atoms with Gasteiger partial charge in [-0.1, -0.05) is 11.3 Å². The lowest BCUT2D eigenvalue weighted by Crippen LogP contribution is -2.37. The topological polar surface area (TPSA) is 89.7 Å². The zero-order chi connectivity index (χ0) is 19.0. The third kappa shape index (κ3) is 3.76. The van der Waals surface area contributed by atoms with E-state index in [-0.39, 0.29) is 22.7 Å². The van der Waals surface area contributed by atoms with Crippen molar-refractivity contribution in [3.63, 3.8) is 0 Å². The van der Waals surface area contributed by atoms with Crippen molar-refractivity contribution in [3.8, 4) is 0 Å². The maximum absolute atomic E-state index is 12.9. The molecule has 1 amide bonds. The molecule has 142 valence electrons. The molecule has 0 radical (unpaired) electrons. The molecule has 1 aliphatic rings. The van der Waals surface area contributed by atoms with Crippen LogP contribution in [-0.4, -0.2) is 44.8 Å². The third-order valence-corrected chi connectivity index (χ3v) is 6.55. The van der Waals surface area contributed by atoms with Crippen molar-refractivity contribution in [2.45, 2.75) is 23.8 Å². The molecule has 9 heteroatoms. The number of hydrogen-bond donors (Lipinski definition) is 0. The van der Waals surface area contributed by atoms with Gasteiger partial charge in [0.25, 0.3) is 5.91 Å². The molecule has 0 spiro atoms. The highest BCUT2D eigenvalue weighted by molar-refractivity contribution is 7.90.